The summed E-state index contributed by atoms with van der Waals surface area (Å²) in [4.78, 5) is 4.45. The summed E-state index contributed by atoms with van der Waals surface area (Å²) in [5.41, 5.74) is -0.692. The molecule has 6 nitrogen and oxygen atoms in total. The molecule has 0 aromatic carbocycles. The summed E-state index contributed by atoms with van der Waals surface area (Å²) in [6, 6.07) is 1.21. The van der Waals surface area contributed by atoms with Gasteiger partial charge < -0.3 is 19.9 Å². The first-order valence-electron chi connectivity index (χ1n) is 11.7. The number of hydrogen-bond acceptors (Lipinski definition) is 6. The normalized spacial score (nSPS) is 30.2. The molecule has 4 heterocycles. The number of fused-ring (bicyclic) bond motifs is 1. The Morgan fingerprint density at radius 2 is 1.71 bits per heavy atom. The molecule has 4 fully saturated rings. The molecule has 31 heavy (non-hydrogen) atoms. The quantitative estimate of drug-likeness (QED) is 0.756. The fourth-order valence-corrected chi connectivity index (χ4v) is 5.96. The van der Waals surface area contributed by atoms with Crippen molar-refractivity contribution in [1.82, 2.24) is 15.1 Å². The molecule has 9 heteroatoms. The van der Waals surface area contributed by atoms with Gasteiger partial charge in [0.2, 0.25) is 0 Å². The maximum Gasteiger partial charge on any atom is 0.420 e. The monoisotopic (exact) mass is 439 g/mol. The summed E-state index contributed by atoms with van der Waals surface area (Å²) in [5.74, 6) is 2.06. The lowest BCUT2D eigenvalue weighted by Gasteiger charge is -2.28. The number of halogens is 3. The number of nitrogens with zero attached hydrogens (tertiary/aromatic N) is 4. The predicted octanol–water partition coefficient (Wildman–Crippen LogP) is 3.64. The van der Waals surface area contributed by atoms with Crippen molar-refractivity contribution >= 4 is 11.6 Å². The third-order valence-corrected chi connectivity index (χ3v) is 7.54. The second kappa shape index (κ2) is 8.73. The molecule has 3 aliphatic heterocycles. The number of alkyl halides is 3. The van der Waals surface area contributed by atoms with Gasteiger partial charge in [0.25, 0.3) is 0 Å². The van der Waals surface area contributed by atoms with Crippen LogP contribution in [0.25, 0.3) is 0 Å². The molecular formula is C22H32F3N5O. The fraction of sp³-hybridized carbons (Fsp3) is 0.818. The highest BCUT2D eigenvalue weighted by molar-refractivity contribution is 5.53. The van der Waals surface area contributed by atoms with Crippen LogP contribution in [0.4, 0.5) is 24.8 Å². The molecule has 0 bridgehead atoms. The first-order valence-corrected chi connectivity index (χ1v) is 11.7. The van der Waals surface area contributed by atoms with E-state index in [4.69, 9.17) is 4.74 Å². The molecule has 3 atom stereocenters. The average molecular weight is 440 g/mol. The van der Waals surface area contributed by atoms with E-state index in [1.165, 1.54) is 6.07 Å². The van der Waals surface area contributed by atoms with E-state index in [1.807, 2.05) is 4.90 Å². The molecule has 3 saturated heterocycles. The van der Waals surface area contributed by atoms with Gasteiger partial charge in [-0.15, -0.1) is 10.2 Å². The van der Waals surface area contributed by atoms with Crippen molar-refractivity contribution in [3.05, 3.63) is 11.6 Å². The summed E-state index contributed by atoms with van der Waals surface area (Å²) in [6.07, 6.45) is 1.62. The minimum absolute atomic E-state index is 0.0354. The van der Waals surface area contributed by atoms with Crippen LogP contribution in [-0.2, 0) is 10.9 Å². The van der Waals surface area contributed by atoms with Crippen LogP contribution in [0, 0.1) is 17.8 Å². The van der Waals surface area contributed by atoms with Gasteiger partial charge in [-0.3, -0.25) is 0 Å². The predicted molar refractivity (Wildman–Crippen MR) is 112 cm³/mol. The highest BCUT2D eigenvalue weighted by Crippen LogP contribution is 2.41. The van der Waals surface area contributed by atoms with Gasteiger partial charge in [-0.25, -0.2) is 0 Å². The van der Waals surface area contributed by atoms with Crippen molar-refractivity contribution < 1.29 is 17.9 Å². The number of ether oxygens (including phenoxy) is 1. The Morgan fingerprint density at radius 3 is 2.35 bits per heavy atom. The third-order valence-electron chi connectivity index (χ3n) is 7.54. The second-order valence-corrected chi connectivity index (χ2v) is 9.76. The lowest BCUT2D eigenvalue weighted by molar-refractivity contribution is -0.137. The van der Waals surface area contributed by atoms with E-state index in [1.54, 1.807) is 0 Å². The summed E-state index contributed by atoms with van der Waals surface area (Å²) < 4.78 is 46.7. The van der Waals surface area contributed by atoms with Crippen LogP contribution in [0.15, 0.2) is 6.07 Å². The van der Waals surface area contributed by atoms with E-state index in [-0.39, 0.29) is 11.9 Å². The Labute approximate surface area is 181 Å². The molecule has 0 radical (unpaired) electrons. The molecular weight excluding hydrogens is 407 g/mol. The number of nitrogens with one attached hydrogen (secondary N) is 1. The maximum absolute atomic E-state index is 13.8. The Bertz CT molecular complexity index is 750. The highest BCUT2D eigenvalue weighted by Gasteiger charge is 2.43. The summed E-state index contributed by atoms with van der Waals surface area (Å²) in [7, 11) is 0. The van der Waals surface area contributed by atoms with E-state index in [0.717, 1.165) is 90.4 Å². The van der Waals surface area contributed by atoms with Gasteiger partial charge >= 0.3 is 6.18 Å². The standard InChI is InChI=1S/C22H32F3N5O/c23-22(24,25)19-11-20(30-5-1-2-6-30)27-28-21(19)26-18-9-16-13-29(14-17(16)10-18)12-15-3-7-31-8-4-15/h11,15-18H,1-10,12-14H2,(H,26,28)/t16-,17+,18?. The molecule has 1 saturated carbocycles. The molecule has 1 unspecified atom stereocenters. The molecule has 172 valence electrons. The number of anilines is 2. The van der Waals surface area contributed by atoms with Gasteiger partial charge in [-0.2, -0.15) is 13.2 Å². The van der Waals surface area contributed by atoms with Crippen molar-refractivity contribution in [3.63, 3.8) is 0 Å². The first-order chi connectivity index (χ1) is 15.0. The van der Waals surface area contributed by atoms with Gasteiger partial charge in [0.1, 0.15) is 5.56 Å². The molecule has 1 N–H and O–H groups in total. The van der Waals surface area contributed by atoms with E-state index in [9.17, 15) is 13.2 Å². The lowest BCUT2D eigenvalue weighted by atomic mass is 10.00. The molecule has 0 amide bonds. The average Bonchev–Trinajstić information content (AvgIpc) is 3.45. The molecule has 0 spiro atoms. The summed E-state index contributed by atoms with van der Waals surface area (Å²) in [6.45, 7) is 6.49. The number of likely N-dealkylation sites (tertiary alicyclic amines) is 1. The van der Waals surface area contributed by atoms with Crippen LogP contribution in [0.1, 0.15) is 44.1 Å². The molecule has 1 aromatic heterocycles. The molecule has 1 aromatic rings. The Balaban J connectivity index is 1.20. The van der Waals surface area contributed by atoms with E-state index in [2.05, 4.69) is 20.4 Å². The van der Waals surface area contributed by atoms with Crippen molar-refractivity contribution in [2.45, 2.75) is 50.7 Å². The Kier molecular flexibility index (Phi) is 5.98. The first kappa shape index (κ1) is 21.2. The van der Waals surface area contributed by atoms with Crippen LogP contribution in [-0.4, -0.2) is 67.1 Å². The minimum atomic E-state index is -4.44. The van der Waals surface area contributed by atoms with Gasteiger partial charge in [-0.1, -0.05) is 0 Å². The molecule has 1 aliphatic carbocycles. The van der Waals surface area contributed by atoms with Crippen molar-refractivity contribution in [3.8, 4) is 0 Å². The highest BCUT2D eigenvalue weighted by atomic mass is 19.4. The van der Waals surface area contributed by atoms with Crippen molar-refractivity contribution in [2.75, 3.05) is 56.2 Å². The topological polar surface area (TPSA) is 53.5 Å². The lowest BCUT2D eigenvalue weighted by Crippen LogP contribution is -2.32. The Hall–Kier alpha value is -1.61. The fourth-order valence-electron chi connectivity index (χ4n) is 5.96. The van der Waals surface area contributed by atoms with Gasteiger partial charge in [-0.05, 0) is 62.3 Å². The number of hydrogen-bond donors (Lipinski definition) is 1. The van der Waals surface area contributed by atoms with E-state index >= 15 is 0 Å². The third kappa shape index (κ3) is 4.77. The largest absolute Gasteiger partial charge is 0.420 e. The van der Waals surface area contributed by atoms with Crippen LogP contribution in [0.3, 0.4) is 0 Å². The SMILES string of the molecule is FC(F)(F)c1cc(N2CCCC2)nnc1NC1C[C@@H]2CN(CC3CCOCC3)C[C@@H]2C1. The second-order valence-electron chi connectivity index (χ2n) is 9.76. The van der Waals surface area contributed by atoms with E-state index in [0.29, 0.717) is 17.7 Å². The minimum Gasteiger partial charge on any atom is -0.381 e. The van der Waals surface area contributed by atoms with Crippen LogP contribution >= 0.6 is 0 Å². The number of aromatic nitrogens is 2. The van der Waals surface area contributed by atoms with Crippen LogP contribution in [0.2, 0.25) is 0 Å². The molecule has 4 aliphatic rings. The zero-order valence-corrected chi connectivity index (χ0v) is 17.9. The van der Waals surface area contributed by atoms with Crippen LogP contribution < -0.4 is 10.2 Å². The van der Waals surface area contributed by atoms with Crippen molar-refractivity contribution in [1.29, 1.82) is 0 Å². The Morgan fingerprint density at radius 1 is 1.03 bits per heavy atom. The van der Waals surface area contributed by atoms with Crippen molar-refractivity contribution in [2.24, 2.45) is 17.8 Å². The molecule has 5 rings (SSSR count). The summed E-state index contributed by atoms with van der Waals surface area (Å²) >= 11 is 0. The van der Waals surface area contributed by atoms with E-state index < -0.39 is 11.7 Å². The van der Waals surface area contributed by atoms with Gasteiger partial charge in [0.15, 0.2) is 11.6 Å². The smallest absolute Gasteiger partial charge is 0.381 e. The van der Waals surface area contributed by atoms with Gasteiger partial charge in [0.05, 0.1) is 0 Å². The zero-order chi connectivity index (χ0) is 21.4. The summed E-state index contributed by atoms with van der Waals surface area (Å²) in [5, 5.41) is 11.2. The zero-order valence-electron chi connectivity index (χ0n) is 17.9. The number of rotatable bonds is 5. The maximum atomic E-state index is 13.8. The van der Waals surface area contributed by atoms with Gasteiger partial charge in [0, 0.05) is 52.0 Å². The van der Waals surface area contributed by atoms with Crippen LogP contribution in [0.5, 0.6) is 0 Å².